The molecule has 118 valence electrons. The molecule has 0 saturated heterocycles. The van der Waals surface area contributed by atoms with E-state index in [-0.39, 0.29) is 0 Å². The molecule has 3 nitrogen and oxygen atoms in total. The summed E-state index contributed by atoms with van der Waals surface area (Å²) in [5, 5.41) is 2.99. The second-order valence-electron chi connectivity index (χ2n) is 5.57. The first kappa shape index (κ1) is 15.7. The smallest absolute Gasteiger partial charge is 0.150 e. The molecule has 0 spiro atoms. The highest BCUT2D eigenvalue weighted by Crippen LogP contribution is 2.38. The van der Waals surface area contributed by atoms with Crippen LogP contribution in [0.5, 0.6) is 0 Å². The van der Waals surface area contributed by atoms with Crippen LogP contribution >= 0.6 is 11.9 Å². The third kappa shape index (κ3) is 3.27. The number of aryl methyl sites for hydroxylation is 1. The van der Waals surface area contributed by atoms with Crippen molar-refractivity contribution in [2.24, 2.45) is 0 Å². The Morgan fingerprint density at radius 1 is 1.26 bits per heavy atom. The standard InChI is InChI=1S/C19H20N2OS/c1-14-6-7-15-9-11-21(18(15)12-14)23-19-5-3-4-16(13-22)17(19)8-10-20-2/h3-8,10,12-13,20H,9,11H2,1-2H3/b10-8-. The molecule has 0 bridgehead atoms. The SMILES string of the molecule is CN/C=C\c1c(C=O)cccc1SN1CCc2ccc(C)cc21. The zero-order chi connectivity index (χ0) is 16.2. The summed E-state index contributed by atoms with van der Waals surface area (Å²) in [6.07, 6.45) is 5.80. The fourth-order valence-electron chi connectivity index (χ4n) is 2.76. The normalized spacial score (nSPS) is 13.4. The van der Waals surface area contributed by atoms with Crippen molar-refractivity contribution in [2.45, 2.75) is 18.2 Å². The minimum Gasteiger partial charge on any atom is -0.394 e. The Hall–Kier alpha value is -2.20. The number of carbonyl (C=O) groups is 1. The van der Waals surface area contributed by atoms with Gasteiger partial charge in [-0.1, -0.05) is 24.3 Å². The van der Waals surface area contributed by atoms with Crippen LogP contribution in [-0.4, -0.2) is 19.9 Å². The quantitative estimate of drug-likeness (QED) is 0.664. The van der Waals surface area contributed by atoms with Gasteiger partial charge in [0.1, 0.15) is 0 Å². The number of nitrogens with one attached hydrogen (secondary N) is 1. The van der Waals surface area contributed by atoms with Gasteiger partial charge >= 0.3 is 0 Å². The van der Waals surface area contributed by atoms with E-state index < -0.39 is 0 Å². The predicted molar refractivity (Wildman–Crippen MR) is 98.0 cm³/mol. The number of hydrogen-bond acceptors (Lipinski definition) is 4. The largest absolute Gasteiger partial charge is 0.394 e. The van der Waals surface area contributed by atoms with Gasteiger partial charge in [0.2, 0.25) is 0 Å². The second-order valence-corrected chi connectivity index (χ2v) is 6.64. The maximum Gasteiger partial charge on any atom is 0.150 e. The Labute approximate surface area is 141 Å². The molecule has 0 amide bonds. The number of aldehydes is 1. The minimum absolute atomic E-state index is 0.713. The van der Waals surface area contributed by atoms with E-state index in [0.717, 1.165) is 29.7 Å². The predicted octanol–water partition coefficient (Wildman–Crippen LogP) is 4.07. The fraction of sp³-hybridized carbons (Fsp3) is 0.211. The second kappa shape index (κ2) is 6.92. The molecule has 0 aromatic heterocycles. The lowest BCUT2D eigenvalue weighted by atomic mass is 10.1. The summed E-state index contributed by atoms with van der Waals surface area (Å²) in [5.41, 5.74) is 5.62. The van der Waals surface area contributed by atoms with E-state index >= 15 is 0 Å². The third-order valence-corrected chi connectivity index (χ3v) is 5.10. The van der Waals surface area contributed by atoms with Crippen molar-refractivity contribution in [1.29, 1.82) is 0 Å². The third-order valence-electron chi connectivity index (χ3n) is 3.95. The zero-order valence-corrected chi connectivity index (χ0v) is 14.2. The molecule has 0 fully saturated rings. The molecule has 1 N–H and O–H groups in total. The van der Waals surface area contributed by atoms with E-state index in [1.165, 1.54) is 16.8 Å². The van der Waals surface area contributed by atoms with Crippen LogP contribution < -0.4 is 9.62 Å². The highest BCUT2D eigenvalue weighted by Gasteiger charge is 2.21. The van der Waals surface area contributed by atoms with E-state index in [0.29, 0.717) is 5.56 Å². The lowest BCUT2D eigenvalue weighted by Gasteiger charge is -2.20. The summed E-state index contributed by atoms with van der Waals surface area (Å²) in [6.45, 7) is 3.11. The van der Waals surface area contributed by atoms with Crippen molar-refractivity contribution in [2.75, 3.05) is 17.9 Å². The Bertz CT molecular complexity index is 755. The van der Waals surface area contributed by atoms with Crippen molar-refractivity contribution in [1.82, 2.24) is 5.32 Å². The van der Waals surface area contributed by atoms with Crippen LogP contribution in [0.1, 0.15) is 27.0 Å². The monoisotopic (exact) mass is 324 g/mol. The Morgan fingerprint density at radius 3 is 2.91 bits per heavy atom. The average molecular weight is 324 g/mol. The van der Waals surface area contributed by atoms with Crippen molar-refractivity contribution in [3.63, 3.8) is 0 Å². The molecule has 1 aliphatic rings. The molecule has 0 atom stereocenters. The van der Waals surface area contributed by atoms with Gasteiger partial charge < -0.3 is 9.62 Å². The topological polar surface area (TPSA) is 32.3 Å². The van der Waals surface area contributed by atoms with E-state index in [1.807, 2.05) is 31.5 Å². The van der Waals surface area contributed by atoms with Gasteiger partial charge in [0.15, 0.2) is 6.29 Å². The summed E-state index contributed by atoms with van der Waals surface area (Å²) in [5.74, 6) is 0. The number of carbonyl (C=O) groups excluding carboxylic acids is 1. The average Bonchev–Trinajstić information content (AvgIpc) is 2.95. The van der Waals surface area contributed by atoms with Crippen LogP contribution in [0.3, 0.4) is 0 Å². The van der Waals surface area contributed by atoms with Crippen LogP contribution in [-0.2, 0) is 6.42 Å². The van der Waals surface area contributed by atoms with Crippen LogP contribution in [0.25, 0.3) is 6.08 Å². The summed E-state index contributed by atoms with van der Waals surface area (Å²) in [4.78, 5) is 12.4. The molecule has 2 aromatic carbocycles. The first-order valence-electron chi connectivity index (χ1n) is 7.70. The summed E-state index contributed by atoms with van der Waals surface area (Å²) in [7, 11) is 1.85. The first-order chi connectivity index (χ1) is 11.2. The first-order valence-corrected chi connectivity index (χ1v) is 8.47. The summed E-state index contributed by atoms with van der Waals surface area (Å²) in [6, 6.07) is 12.5. The molecule has 0 saturated carbocycles. The lowest BCUT2D eigenvalue weighted by molar-refractivity contribution is 0.112. The highest BCUT2D eigenvalue weighted by molar-refractivity contribution is 8.00. The maximum absolute atomic E-state index is 11.3. The zero-order valence-electron chi connectivity index (χ0n) is 13.4. The van der Waals surface area contributed by atoms with Gasteiger partial charge in [-0.15, -0.1) is 0 Å². The Kier molecular flexibility index (Phi) is 4.72. The number of anilines is 1. The van der Waals surface area contributed by atoms with Crippen LogP contribution in [0.4, 0.5) is 5.69 Å². The number of nitrogens with zero attached hydrogens (tertiary/aromatic N) is 1. The highest BCUT2D eigenvalue weighted by atomic mass is 32.2. The van der Waals surface area contributed by atoms with Gasteiger partial charge in [-0.25, -0.2) is 0 Å². The maximum atomic E-state index is 11.3. The lowest BCUT2D eigenvalue weighted by Crippen LogP contribution is -2.11. The molecule has 4 heteroatoms. The molecular weight excluding hydrogens is 304 g/mol. The van der Waals surface area contributed by atoms with Crippen LogP contribution in [0.15, 0.2) is 47.5 Å². The Morgan fingerprint density at radius 2 is 2.13 bits per heavy atom. The van der Waals surface area contributed by atoms with E-state index in [2.05, 4.69) is 40.8 Å². The van der Waals surface area contributed by atoms with E-state index in [9.17, 15) is 4.79 Å². The minimum atomic E-state index is 0.713. The van der Waals surface area contributed by atoms with Gasteiger partial charge in [0.05, 0.1) is 5.69 Å². The number of fused-ring (bicyclic) bond motifs is 1. The van der Waals surface area contributed by atoms with Crippen molar-refractivity contribution >= 4 is 30.0 Å². The van der Waals surface area contributed by atoms with Gasteiger partial charge in [-0.05, 0) is 60.8 Å². The number of benzene rings is 2. The summed E-state index contributed by atoms with van der Waals surface area (Å²) < 4.78 is 2.32. The molecular formula is C19H20N2OS. The molecule has 0 unspecified atom stereocenters. The fourth-order valence-corrected chi connectivity index (χ4v) is 3.87. The molecule has 1 aliphatic heterocycles. The number of hydrogen-bond donors (Lipinski definition) is 1. The molecule has 23 heavy (non-hydrogen) atoms. The molecule has 0 aliphatic carbocycles. The van der Waals surface area contributed by atoms with Crippen LogP contribution in [0, 0.1) is 6.92 Å². The molecule has 3 rings (SSSR count). The Balaban J connectivity index is 1.94. The number of rotatable bonds is 5. The van der Waals surface area contributed by atoms with Crippen molar-refractivity contribution < 1.29 is 4.79 Å². The van der Waals surface area contributed by atoms with Crippen molar-refractivity contribution in [3.8, 4) is 0 Å². The van der Waals surface area contributed by atoms with Crippen molar-refractivity contribution in [3.05, 3.63) is 64.9 Å². The van der Waals surface area contributed by atoms with Gasteiger partial charge in [-0.3, -0.25) is 4.79 Å². The van der Waals surface area contributed by atoms with E-state index in [1.54, 1.807) is 11.9 Å². The van der Waals surface area contributed by atoms with Gasteiger partial charge in [0, 0.05) is 29.6 Å². The van der Waals surface area contributed by atoms with Gasteiger partial charge in [0.25, 0.3) is 0 Å². The molecule has 0 radical (unpaired) electrons. The van der Waals surface area contributed by atoms with Crippen LogP contribution in [0.2, 0.25) is 0 Å². The molecule has 1 heterocycles. The van der Waals surface area contributed by atoms with Gasteiger partial charge in [-0.2, -0.15) is 0 Å². The molecule has 2 aromatic rings. The summed E-state index contributed by atoms with van der Waals surface area (Å²) >= 11 is 1.70. The van der Waals surface area contributed by atoms with E-state index in [4.69, 9.17) is 0 Å².